The van der Waals surface area contributed by atoms with Crippen molar-refractivity contribution in [2.75, 3.05) is 60.8 Å². The Balaban J connectivity index is 0.813. The average molecular weight is 904 g/mol. The molecule has 2 fully saturated rings. The van der Waals surface area contributed by atoms with Crippen molar-refractivity contribution in [3.63, 3.8) is 0 Å². The normalized spacial score (nSPS) is 14.4. The van der Waals surface area contributed by atoms with Crippen LogP contribution in [0.25, 0.3) is 22.5 Å². The number of anilines is 6. The Morgan fingerprint density at radius 2 is 0.953 bits per heavy atom. The summed E-state index contributed by atoms with van der Waals surface area (Å²) >= 11 is 12.8. The van der Waals surface area contributed by atoms with Gasteiger partial charge in [0, 0.05) is 86.5 Å². The number of aromatic nitrogens is 4. The number of halogens is 2. The third-order valence-corrected chi connectivity index (χ3v) is 11.6. The second kappa shape index (κ2) is 20.7. The van der Waals surface area contributed by atoms with E-state index in [1.807, 2.05) is 84.9 Å². The molecule has 2 aromatic heterocycles. The highest BCUT2D eigenvalue weighted by molar-refractivity contribution is 6.32. The molecule has 8 rings (SSSR count). The monoisotopic (exact) mass is 902 g/mol. The van der Waals surface area contributed by atoms with E-state index in [9.17, 15) is 9.59 Å². The Morgan fingerprint density at radius 1 is 0.562 bits per heavy atom. The zero-order chi connectivity index (χ0) is 44.4. The van der Waals surface area contributed by atoms with E-state index in [-0.39, 0.29) is 25.0 Å². The highest BCUT2D eigenvalue weighted by Crippen LogP contribution is 2.33. The molecule has 2 saturated heterocycles. The van der Waals surface area contributed by atoms with Crippen LogP contribution in [0.1, 0.15) is 38.5 Å². The van der Waals surface area contributed by atoms with Crippen molar-refractivity contribution < 1.29 is 28.5 Å². The molecule has 14 nitrogen and oxygen atoms in total. The molecule has 0 saturated carbocycles. The molecule has 2 aliphatic rings. The third kappa shape index (κ3) is 11.3. The molecule has 0 unspecified atom stereocenters. The Kier molecular flexibility index (Phi) is 14.2. The molecule has 16 heteroatoms. The van der Waals surface area contributed by atoms with Gasteiger partial charge in [0.05, 0.1) is 48.5 Å². The quantitative estimate of drug-likeness (QED) is 0.0940. The van der Waals surface area contributed by atoms with Crippen LogP contribution in [0, 0.1) is 0 Å². The van der Waals surface area contributed by atoms with E-state index in [1.165, 1.54) is 0 Å². The fraction of sp³-hybridized carbons (Fsp3) is 0.292. The number of ether oxygens (including phenoxy) is 4. The first-order chi connectivity index (χ1) is 31.2. The fourth-order valence-electron chi connectivity index (χ4n) is 7.66. The van der Waals surface area contributed by atoms with Crippen molar-refractivity contribution in [2.24, 2.45) is 0 Å². The van der Waals surface area contributed by atoms with E-state index < -0.39 is 11.9 Å². The molecule has 330 valence electrons. The molecule has 0 radical (unpaired) electrons. The summed E-state index contributed by atoms with van der Waals surface area (Å²) in [6.07, 6.45) is 1.82. The summed E-state index contributed by atoms with van der Waals surface area (Å²) in [5.74, 6) is 2.66. The lowest BCUT2D eigenvalue weighted by Crippen LogP contribution is -2.39. The summed E-state index contributed by atoms with van der Waals surface area (Å²) in [6, 6.07) is 34.6. The van der Waals surface area contributed by atoms with E-state index in [1.54, 1.807) is 38.5 Å². The van der Waals surface area contributed by atoms with Crippen LogP contribution in [0.2, 0.25) is 10.0 Å². The summed E-state index contributed by atoms with van der Waals surface area (Å²) in [7, 11) is 3.14. The van der Waals surface area contributed by atoms with Crippen molar-refractivity contribution in [3.8, 4) is 34.0 Å². The number of carbonyl (C=O) groups is 2. The summed E-state index contributed by atoms with van der Waals surface area (Å²) in [5, 5.41) is 7.51. The lowest BCUT2D eigenvalue weighted by atomic mass is 10.1. The predicted molar refractivity (Wildman–Crippen MR) is 249 cm³/mol. The molecule has 2 N–H and O–H groups in total. The number of piperidine rings is 2. The van der Waals surface area contributed by atoms with E-state index >= 15 is 0 Å². The summed E-state index contributed by atoms with van der Waals surface area (Å²) in [6.45, 7) is 2.48. The first-order valence-corrected chi connectivity index (χ1v) is 21.9. The van der Waals surface area contributed by atoms with Crippen molar-refractivity contribution >= 4 is 70.0 Å². The largest absolute Gasteiger partial charge is 0.495 e. The molecular weight excluding hydrogens is 855 g/mol. The van der Waals surface area contributed by atoms with Gasteiger partial charge in [0.2, 0.25) is 11.9 Å². The summed E-state index contributed by atoms with van der Waals surface area (Å²) < 4.78 is 22.3. The first-order valence-electron chi connectivity index (χ1n) is 21.2. The smallest absolute Gasteiger partial charge is 0.306 e. The lowest BCUT2D eigenvalue weighted by Gasteiger charge is -2.33. The number of nitrogens with zero attached hydrogens (tertiary/aromatic N) is 6. The van der Waals surface area contributed by atoms with E-state index in [2.05, 4.69) is 20.4 Å². The summed E-state index contributed by atoms with van der Waals surface area (Å²) in [5.41, 5.74) is 4.88. The van der Waals surface area contributed by atoms with Crippen LogP contribution in [-0.2, 0) is 19.1 Å². The molecule has 64 heavy (non-hydrogen) atoms. The molecule has 0 spiro atoms. The molecule has 4 heterocycles. The minimum Gasteiger partial charge on any atom is -0.495 e. The number of esters is 2. The number of benzene rings is 4. The van der Waals surface area contributed by atoms with Crippen LogP contribution in [0.3, 0.4) is 0 Å². The molecule has 0 atom stereocenters. The molecule has 0 bridgehead atoms. The molecule has 4 aromatic carbocycles. The van der Waals surface area contributed by atoms with Crippen molar-refractivity contribution in [1.82, 2.24) is 19.9 Å². The minimum atomic E-state index is -0.414. The molecule has 6 aromatic rings. The van der Waals surface area contributed by atoms with Gasteiger partial charge >= 0.3 is 11.9 Å². The second-order valence-electron chi connectivity index (χ2n) is 15.4. The van der Waals surface area contributed by atoms with Gasteiger partial charge in [0.15, 0.2) is 0 Å². The maximum atomic E-state index is 12.9. The minimum absolute atomic E-state index is 0.0486. The zero-order valence-electron chi connectivity index (χ0n) is 35.5. The van der Waals surface area contributed by atoms with Gasteiger partial charge in [-0.05, 0) is 36.4 Å². The topological polar surface area (TPSA) is 153 Å². The molecule has 2 aliphatic heterocycles. The average Bonchev–Trinajstić information content (AvgIpc) is 3.32. The van der Waals surface area contributed by atoms with Gasteiger partial charge in [-0.25, -0.2) is 9.97 Å². The molecule has 0 aliphatic carbocycles. The van der Waals surface area contributed by atoms with Crippen LogP contribution in [0.5, 0.6) is 11.5 Å². The first kappa shape index (κ1) is 44.0. The highest BCUT2D eigenvalue weighted by Gasteiger charge is 2.27. The van der Waals surface area contributed by atoms with Gasteiger partial charge < -0.3 is 39.4 Å². The third-order valence-electron chi connectivity index (χ3n) is 11.0. The zero-order valence-corrected chi connectivity index (χ0v) is 37.0. The van der Waals surface area contributed by atoms with Crippen LogP contribution in [-0.4, -0.2) is 84.5 Å². The standard InChI is InChI=1S/C48H48Cl2N8O6/c1-61-41-15-13-33(27-37(41)49)51-47-53-39(31-9-5-3-6-10-31)29-43(55-47)57-23-19-35(20-24-57)63-45(59)17-18-46(60)64-36-21-25-58(26-22-36)44-30-40(32-11-7-4-8-12-32)54-48(56-44)52-34-14-16-42(62-2)38(50)28-34/h3-16,27-30,35-36H,17-26H2,1-2H3,(H,51,53,55)(H,52,54,56). The summed E-state index contributed by atoms with van der Waals surface area (Å²) in [4.78, 5) is 49.5. The van der Waals surface area contributed by atoms with Gasteiger partial charge in [0.25, 0.3) is 0 Å². The van der Waals surface area contributed by atoms with Crippen LogP contribution in [0.4, 0.5) is 34.9 Å². The number of methoxy groups -OCH3 is 2. The van der Waals surface area contributed by atoms with E-state index in [4.69, 9.17) is 62.1 Å². The van der Waals surface area contributed by atoms with Crippen molar-refractivity contribution in [3.05, 3.63) is 119 Å². The maximum Gasteiger partial charge on any atom is 0.306 e. The predicted octanol–water partition coefficient (Wildman–Crippen LogP) is 9.92. The SMILES string of the molecule is COc1ccc(Nc2nc(-c3ccccc3)cc(N3CCC(OC(=O)CCC(=O)OC4CCN(c5cc(-c6ccccc6)nc(Nc6ccc(OC)c(Cl)c6)n5)CC4)CC3)n2)cc1Cl. The Morgan fingerprint density at radius 3 is 1.31 bits per heavy atom. The van der Waals surface area contributed by atoms with Gasteiger partial charge in [-0.2, -0.15) is 9.97 Å². The van der Waals surface area contributed by atoms with Crippen molar-refractivity contribution in [2.45, 2.75) is 50.7 Å². The van der Waals surface area contributed by atoms with Crippen LogP contribution >= 0.6 is 23.2 Å². The van der Waals surface area contributed by atoms with Gasteiger partial charge in [-0.1, -0.05) is 83.9 Å². The number of hydrogen-bond acceptors (Lipinski definition) is 14. The van der Waals surface area contributed by atoms with Crippen LogP contribution in [0.15, 0.2) is 109 Å². The van der Waals surface area contributed by atoms with E-state index in [0.29, 0.717) is 85.3 Å². The van der Waals surface area contributed by atoms with Crippen molar-refractivity contribution in [1.29, 1.82) is 0 Å². The van der Waals surface area contributed by atoms with Gasteiger partial charge in [0.1, 0.15) is 35.3 Å². The molecular formula is C48H48Cl2N8O6. The second-order valence-corrected chi connectivity index (χ2v) is 16.2. The van der Waals surface area contributed by atoms with E-state index in [0.717, 1.165) is 45.5 Å². The Hall–Kier alpha value is -6.64. The number of carbonyl (C=O) groups excluding carboxylic acids is 2. The number of nitrogens with one attached hydrogen (secondary N) is 2. The van der Waals surface area contributed by atoms with Crippen LogP contribution < -0.4 is 29.9 Å². The lowest BCUT2D eigenvalue weighted by molar-refractivity contribution is -0.157. The fourth-order valence-corrected chi connectivity index (χ4v) is 8.18. The van der Waals surface area contributed by atoms with Gasteiger partial charge in [-0.15, -0.1) is 0 Å². The Bertz CT molecular complexity index is 2380. The molecule has 0 amide bonds. The maximum absolute atomic E-state index is 12.9. The van der Waals surface area contributed by atoms with Gasteiger partial charge in [-0.3, -0.25) is 9.59 Å². The number of rotatable bonds is 15. The number of hydrogen-bond donors (Lipinski definition) is 2. The Labute approximate surface area is 381 Å². The highest BCUT2D eigenvalue weighted by atomic mass is 35.5.